The molecule has 0 spiro atoms. The van der Waals surface area contributed by atoms with Gasteiger partial charge >= 0.3 is 0 Å². The van der Waals surface area contributed by atoms with Crippen LogP contribution in [0.1, 0.15) is 83.5 Å². The van der Waals surface area contributed by atoms with Gasteiger partial charge in [-0.15, -0.1) is 0 Å². The summed E-state index contributed by atoms with van der Waals surface area (Å²) in [6.45, 7) is 10.6. The molecule has 0 aliphatic carbocycles. The van der Waals surface area contributed by atoms with Crippen LogP contribution in [0, 0.1) is 11.8 Å². The molecule has 1 heterocycles. The quantitative estimate of drug-likeness (QED) is 0.192. The molecule has 0 fully saturated rings. The zero-order chi connectivity index (χ0) is 27.1. The summed E-state index contributed by atoms with van der Waals surface area (Å²) in [5, 5.41) is 29.4. The lowest BCUT2D eigenvalue weighted by Crippen LogP contribution is -2.55. The first-order valence-electron chi connectivity index (χ1n) is 13.2. The Bertz CT molecular complexity index is 788. The molecule has 1 rings (SSSR count). The standard InChI is InChI=1S/C27H46N4O5/c1-6-7-8-9-12-21(30-26(35)20-11-10-13-28-16-20)27(36)31-22(14-18(2)3)24(33)25(34)23(32)17-29-15-19(4)5/h10-11,13,16,18-19,21-23,25,29,32,34H,6-9,12,14-15,17H2,1-5H3,(H,30,35)(H,31,36)/t21?,22-,23?,25-/m0/s1. The summed E-state index contributed by atoms with van der Waals surface area (Å²) in [7, 11) is 0. The van der Waals surface area contributed by atoms with E-state index in [9.17, 15) is 24.6 Å². The molecule has 1 aromatic rings. The van der Waals surface area contributed by atoms with Crippen LogP contribution in [-0.4, -0.2) is 70.2 Å². The summed E-state index contributed by atoms with van der Waals surface area (Å²) >= 11 is 0. The average Bonchev–Trinajstić information content (AvgIpc) is 2.84. The number of aromatic nitrogens is 1. The van der Waals surface area contributed by atoms with Crippen molar-refractivity contribution in [1.29, 1.82) is 0 Å². The lowest BCUT2D eigenvalue weighted by Gasteiger charge is -2.27. The predicted octanol–water partition coefficient (Wildman–Crippen LogP) is 2.22. The number of unbranched alkanes of at least 4 members (excludes halogenated alkanes) is 3. The number of pyridine rings is 1. The van der Waals surface area contributed by atoms with Crippen molar-refractivity contribution in [3.63, 3.8) is 0 Å². The SMILES string of the molecule is CCCCCCC(NC(=O)c1cccnc1)C(=O)N[C@@H](CC(C)C)C(=O)[C@@H](O)C(O)CNCC(C)C. The van der Waals surface area contributed by atoms with E-state index in [1.807, 2.05) is 27.7 Å². The van der Waals surface area contributed by atoms with Crippen LogP contribution in [0.2, 0.25) is 0 Å². The van der Waals surface area contributed by atoms with Gasteiger partial charge in [0.2, 0.25) is 5.91 Å². The van der Waals surface area contributed by atoms with Crippen LogP contribution >= 0.6 is 0 Å². The number of Topliss-reactive ketones (excluding diaryl/α,β-unsaturated/α-hetero) is 1. The number of hydrogen-bond donors (Lipinski definition) is 5. The van der Waals surface area contributed by atoms with Crippen molar-refractivity contribution in [2.75, 3.05) is 13.1 Å². The third-order valence-corrected chi connectivity index (χ3v) is 5.82. The maximum absolute atomic E-state index is 13.3. The number of hydrogen-bond acceptors (Lipinski definition) is 7. The highest BCUT2D eigenvalue weighted by atomic mass is 16.3. The van der Waals surface area contributed by atoms with Crippen molar-refractivity contribution in [1.82, 2.24) is 20.9 Å². The molecule has 2 unspecified atom stereocenters. The Kier molecular flexibility index (Phi) is 15.1. The summed E-state index contributed by atoms with van der Waals surface area (Å²) in [6, 6.07) is 1.43. The molecule has 0 aliphatic rings. The fourth-order valence-corrected chi connectivity index (χ4v) is 3.80. The van der Waals surface area contributed by atoms with Crippen molar-refractivity contribution in [2.45, 2.75) is 97.4 Å². The van der Waals surface area contributed by atoms with Gasteiger partial charge in [-0.1, -0.05) is 60.3 Å². The Morgan fingerprint density at radius 3 is 2.25 bits per heavy atom. The van der Waals surface area contributed by atoms with Crippen molar-refractivity contribution in [2.24, 2.45) is 11.8 Å². The molecule has 4 atom stereocenters. The zero-order valence-electron chi connectivity index (χ0n) is 22.5. The number of nitrogens with zero attached hydrogens (tertiary/aromatic N) is 1. The lowest BCUT2D eigenvalue weighted by molar-refractivity contribution is -0.138. The highest BCUT2D eigenvalue weighted by Crippen LogP contribution is 2.12. The van der Waals surface area contributed by atoms with Gasteiger partial charge in [-0.3, -0.25) is 19.4 Å². The van der Waals surface area contributed by atoms with Gasteiger partial charge in [0.05, 0.1) is 17.7 Å². The van der Waals surface area contributed by atoms with E-state index in [-0.39, 0.29) is 12.5 Å². The first kappa shape index (κ1) is 31.7. The molecule has 5 N–H and O–H groups in total. The Labute approximate surface area is 215 Å². The summed E-state index contributed by atoms with van der Waals surface area (Å²) < 4.78 is 0. The molecule has 204 valence electrons. The molecule has 0 aromatic carbocycles. The highest BCUT2D eigenvalue weighted by molar-refractivity contribution is 5.98. The first-order chi connectivity index (χ1) is 17.1. The number of carbonyl (C=O) groups is 3. The minimum atomic E-state index is -1.64. The first-order valence-corrected chi connectivity index (χ1v) is 13.2. The molecule has 0 saturated carbocycles. The molecule has 9 nitrogen and oxygen atoms in total. The number of aliphatic hydroxyl groups excluding tert-OH is 2. The summed E-state index contributed by atoms with van der Waals surface area (Å²) in [6.07, 6.45) is 4.50. The molecule has 0 saturated heterocycles. The third-order valence-electron chi connectivity index (χ3n) is 5.82. The second-order valence-corrected chi connectivity index (χ2v) is 10.3. The zero-order valence-corrected chi connectivity index (χ0v) is 22.5. The van der Waals surface area contributed by atoms with Crippen LogP contribution in [0.25, 0.3) is 0 Å². The summed E-state index contributed by atoms with van der Waals surface area (Å²) in [4.78, 5) is 43.0. The molecular weight excluding hydrogens is 460 g/mol. The highest BCUT2D eigenvalue weighted by Gasteiger charge is 2.33. The number of aliphatic hydroxyl groups is 2. The smallest absolute Gasteiger partial charge is 0.253 e. The van der Waals surface area contributed by atoms with Crippen LogP contribution < -0.4 is 16.0 Å². The van der Waals surface area contributed by atoms with Crippen LogP contribution in [0.5, 0.6) is 0 Å². The second-order valence-electron chi connectivity index (χ2n) is 10.3. The van der Waals surface area contributed by atoms with Gasteiger partial charge in [0.25, 0.3) is 5.91 Å². The number of nitrogens with one attached hydrogen (secondary N) is 3. The maximum atomic E-state index is 13.3. The fraction of sp³-hybridized carbons (Fsp3) is 0.704. The van der Waals surface area contributed by atoms with E-state index in [0.717, 1.165) is 25.7 Å². The van der Waals surface area contributed by atoms with Crippen molar-refractivity contribution < 1.29 is 24.6 Å². The average molecular weight is 507 g/mol. The van der Waals surface area contributed by atoms with Gasteiger partial charge in [0.1, 0.15) is 12.1 Å². The number of ketones is 1. The Balaban J connectivity index is 2.94. The number of amides is 2. The number of carbonyl (C=O) groups excluding carboxylic acids is 3. The number of rotatable bonds is 18. The van der Waals surface area contributed by atoms with E-state index in [4.69, 9.17) is 0 Å². The molecule has 0 aliphatic heterocycles. The lowest BCUT2D eigenvalue weighted by atomic mass is 9.94. The Morgan fingerprint density at radius 1 is 0.944 bits per heavy atom. The van der Waals surface area contributed by atoms with Crippen molar-refractivity contribution in [3.8, 4) is 0 Å². The van der Waals surface area contributed by atoms with E-state index in [1.165, 1.54) is 6.20 Å². The van der Waals surface area contributed by atoms with Crippen molar-refractivity contribution in [3.05, 3.63) is 30.1 Å². The minimum Gasteiger partial charge on any atom is -0.389 e. The topological polar surface area (TPSA) is 141 Å². The molecule has 0 radical (unpaired) electrons. The largest absolute Gasteiger partial charge is 0.389 e. The molecule has 1 aromatic heterocycles. The molecule has 9 heteroatoms. The van der Waals surface area contributed by atoms with Gasteiger partial charge in [-0.25, -0.2) is 0 Å². The molecule has 36 heavy (non-hydrogen) atoms. The fourth-order valence-electron chi connectivity index (χ4n) is 3.80. The summed E-state index contributed by atoms with van der Waals surface area (Å²) in [5.41, 5.74) is 0.339. The van der Waals surface area contributed by atoms with E-state index >= 15 is 0 Å². The van der Waals surface area contributed by atoms with Gasteiger partial charge in [0.15, 0.2) is 5.78 Å². The van der Waals surface area contributed by atoms with Crippen LogP contribution in [-0.2, 0) is 9.59 Å². The van der Waals surface area contributed by atoms with E-state index < -0.39 is 41.9 Å². The normalized spacial score (nSPS) is 14.8. The summed E-state index contributed by atoms with van der Waals surface area (Å²) in [5.74, 6) is -1.14. The Morgan fingerprint density at radius 2 is 1.67 bits per heavy atom. The van der Waals surface area contributed by atoms with Gasteiger partial charge < -0.3 is 26.2 Å². The van der Waals surface area contributed by atoms with Crippen LogP contribution in [0.3, 0.4) is 0 Å². The Hall–Kier alpha value is -2.36. The minimum absolute atomic E-state index is 0.0515. The second kappa shape index (κ2) is 17.2. The molecule has 0 bridgehead atoms. The van der Waals surface area contributed by atoms with Gasteiger partial charge in [-0.05, 0) is 43.4 Å². The van der Waals surface area contributed by atoms with Crippen LogP contribution in [0.4, 0.5) is 0 Å². The van der Waals surface area contributed by atoms with E-state index in [2.05, 4.69) is 27.9 Å². The van der Waals surface area contributed by atoms with Gasteiger partial charge in [0, 0.05) is 18.9 Å². The van der Waals surface area contributed by atoms with Gasteiger partial charge in [-0.2, -0.15) is 0 Å². The molecule has 2 amide bonds. The maximum Gasteiger partial charge on any atom is 0.253 e. The monoisotopic (exact) mass is 506 g/mol. The van der Waals surface area contributed by atoms with Crippen molar-refractivity contribution >= 4 is 17.6 Å². The predicted molar refractivity (Wildman–Crippen MR) is 140 cm³/mol. The molecular formula is C27H46N4O5. The van der Waals surface area contributed by atoms with E-state index in [0.29, 0.717) is 30.9 Å². The van der Waals surface area contributed by atoms with Crippen LogP contribution in [0.15, 0.2) is 24.5 Å². The third kappa shape index (κ3) is 12.1. The van der Waals surface area contributed by atoms with E-state index in [1.54, 1.807) is 18.3 Å².